The van der Waals surface area contributed by atoms with Gasteiger partial charge in [-0.25, -0.2) is 0 Å². The second-order valence-electron chi connectivity index (χ2n) is 6.46. The van der Waals surface area contributed by atoms with Crippen LogP contribution < -0.4 is 22.1 Å². The summed E-state index contributed by atoms with van der Waals surface area (Å²) in [5, 5.41) is 16.7. The quantitative estimate of drug-likeness (QED) is 0.250. The highest BCUT2D eigenvalue weighted by Gasteiger charge is 2.16. The second kappa shape index (κ2) is 13.2. The molecule has 0 aromatic rings. The van der Waals surface area contributed by atoms with E-state index < -0.39 is 6.10 Å². The maximum absolute atomic E-state index is 10.1. The van der Waals surface area contributed by atoms with Crippen LogP contribution in [0.15, 0.2) is 0 Å². The van der Waals surface area contributed by atoms with Crippen molar-refractivity contribution in [3.05, 3.63) is 0 Å². The molecular formula is C15H37N5O2. The van der Waals surface area contributed by atoms with E-state index in [1.165, 1.54) is 0 Å². The summed E-state index contributed by atoms with van der Waals surface area (Å²) < 4.78 is 5.61. The zero-order valence-electron chi connectivity index (χ0n) is 14.6. The van der Waals surface area contributed by atoms with Crippen LogP contribution >= 0.6 is 0 Å². The minimum atomic E-state index is -0.489. The van der Waals surface area contributed by atoms with Gasteiger partial charge in [-0.1, -0.05) is 0 Å². The van der Waals surface area contributed by atoms with Crippen LogP contribution in [-0.4, -0.2) is 87.2 Å². The molecule has 7 N–H and O–H groups in total. The highest BCUT2D eigenvalue weighted by molar-refractivity contribution is 4.68. The summed E-state index contributed by atoms with van der Waals surface area (Å²) in [4.78, 5) is 2.16. The van der Waals surface area contributed by atoms with Gasteiger partial charge in [0.05, 0.1) is 18.3 Å². The molecule has 1 atom stereocenters. The van der Waals surface area contributed by atoms with Gasteiger partial charge in [0.25, 0.3) is 0 Å². The first-order valence-corrected chi connectivity index (χ1v) is 8.25. The van der Waals surface area contributed by atoms with Crippen LogP contribution in [0.25, 0.3) is 0 Å². The lowest BCUT2D eigenvalue weighted by molar-refractivity contribution is -0.0558. The topological polar surface area (TPSA) is 109 Å². The Bertz CT molecular complexity index is 249. The Hall–Kier alpha value is -0.280. The van der Waals surface area contributed by atoms with Gasteiger partial charge in [-0.3, -0.25) is 4.90 Å². The van der Waals surface area contributed by atoms with Crippen molar-refractivity contribution in [3.8, 4) is 0 Å². The van der Waals surface area contributed by atoms with Crippen LogP contribution in [0.2, 0.25) is 0 Å². The van der Waals surface area contributed by atoms with E-state index in [2.05, 4.69) is 15.5 Å². The van der Waals surface area contributed by atoms with Gasteiger partial charge in [0.2, 0.25) is 0 Å². The van der Waals surface area contributed by atoms with Crippen molar-refractivity contribution in [2.45, 2.75) is 32.5 Å². The lowest BCUT2D eigenvalue weighted by Gasteiger charge is -2.27. The largest absolute Gasteiger partial charge is 0.389 e. The number of nitrogens with two attached hydrogens (primary N) is 2. The third kappa shape index (κ3) is 14.6. The molecule has 1 unspecified atom stereocenters. The highest BCUT2D eigenvalue weighted by Crippen LogP contribution is 2.07. The summed E-state index contributed by atoms with van der Waals surface area (Å²) in [6.07, 6.45) is -0.489. The molecule has 0 aromatic heterocycles. The van der Waals surface area contributed by atoms with Gasteiger partial charge in [0.1, 0.15) is 0 Å². The number of aliphatic hydroxyl groups excluding tert-OH is 1. The normalized spacial score (nSPS) is 13.8. The van der Waals surface area contributed by atoms with E-state index in [1.807, 2.05) is 20.8 Å². The number of rotatable bonds is 14. The Morgan fingerprint density at radius 2 is 1.64 bits per heavy atom. The third-order valence-corrected chi connectivity index (χ3v) is 3.03. The van der Waals surface area contributed by atoms with E-state index in [4.69, 9.17) is 16.2 Å². The average molecular weight is 319 g/mol. The fraction of sp³-hybridized carbons (Fsp3) is 1.00. The molecule has 0 aliphatic rings. The number of ether oxygens (including phenoxy) is 1. The smallest absolute Gasteiger partial charge is 0.0900 e. The molecule has 7 nitrogen and oxygen atoms in total. The van der Waals surface area contributed by atoms with Crippen molar-refractivity contribution in [1.29, 1.82) is 0 Å². The Labute approximate surface area is 135 Å². The first kappa shape index (κ1) is 21.7. The zero-order chi connectivity index (χ0) is 16.8. The number of hydrogen-bond donors (Lipinski definition) is 5. The van der Waals surface area contributed by atoms with E-state index in [0.717, 1.165) is 39.3 Å². The van der Waals surface area contributed by atoms with Crippen LogP contribution in [0.4, 0.5) is 0 Å². The fourth-order valence-electron chi connectivity index (χ4n) is 1.94. The number of aliphatic hydroxyl groups is 1. The van der Waals surface area contributed by atoms with Crippen LogP contribution in [0.5, 0.6) is 0 Å². The molecule has 0 saturated heterocycles. The van der Waals surface area contributed by atoms with Gasteiger partial charge in [0, 0.05) is 58.9 Å². The summed E-state index contributed by atoms with van der Waals surface area (Å²) in [5.41, 5.74) is 10.8. The zero-order valence-corrected chi connectivity index (χ0v) is 14.6. The van der Waals surface area contributed by atoms with Crippen molar-refractivity contribution in [2.75, 3.05) is 65.5 Å². The van der Waals surface area contributed by atoms with Gasteiger partial charge >= 0.3 is 0 Å². The standard InChI is InChI=1S/C15H37N5O2/c1-15(2,3)22-13-14(21)12-20(10-5-17)11-9-19-8-7-18-6-4-16/h14,18-19,21H,4-13,16-17H2,1-3H3. The molecule has 0 radical (unpaired) electrons. The predicted octanol–water partition coefficient (Wildman–Crippen LogP) is -1.44. The van der Waals surface area contributed by atoms with E-state index in [1.54, 1.807) is 0 Å². The molecule has 134 valence electrons. The van der Waals surface area contributed by atoms with Gasteiger partial charge in [0.15, 0.2) is 0 Å². The van der Waals surface area contributed by atoms with Crippen molar-refractivity contribution >= 4 is 0 Å². The highest BCUT2D eigenvalue weighted by atomic mass is 16.5. The molecule has 0 rings (SSSR count). The number of nitrogens with zero attached hydrogens (tertiary/aromatic N) is 1. The number of hydrogen-bond acceptors (Lipinski definition) is 7. The molecule has 0 amide bonds. The van der Waals surface area contributed by atoms with Crippen LogP contribution in [-0.2, 0) is 4.74 Å². The van der Waals surface area contributed by atoms with Crippen LogP contribution in [0, 0.1) is 0 Å². The van der Waals surface area contributed by atoms with Gasteiger partial charge in [-0.05, 0) is 20.8 Å². The average Bonchev–Trinajstić information content (AvgIpc) is 2.43. The summed E-state index contributed by atoms with van der Waals surface area (Å²) in [6.45, 7) is 13.3. The molecule has 0 aliphatic carbocycles. The first-order valence-electron chi connectivity index (χ1n) is 8.25. The van der Waals surface area contributed by atoms with Gasteiger partial charge in [-0.2, -0.15) is 0 Å². The summed E-state index contributed by atoms with van der Waals surface area (Å²) in [5.74, 6) is 0. The monoisotopic (exact) mass is 319 g/mol. The van der Waals surface area contributed by atoms with E-state index in [9.17, 15) is 5.11 Å². The summed E-state index contributed by atoms with van der Waals surface area (Å²) >= 11 is 0. The minimum Gasteiger partial charge on any atom is -0.389 e. The van der Waals surface area contributed by atoms with Crippen molar-refractivity contribution in [3.63, 3.8) is 0 Å². The fourth-order valence-corrected chi connectivity index (χ4v) is 1.94. The lowest BCUT2D eigenvalue weighted by Crippen LogP contribution is -2.43. The van der Waals surface area contributed by atoms with Crippen LogP contribution in [0.1, 0.15) is 20.8 Å². The van der Waals surface area contributed by atoms with Crippen molar-refractivity contribution in [1.82, 2.24) is 15.5 Å². The Morgan fingerprint density at radius 1 is 1.00 bits per heavy atom. The molecule has 0 spiro atoms. The molecule has 22 heavy (non-hydrogen) atoms. The van der Waals surface area contributed by atoms with E-state index in [0.29, 0.717) is 26.2 Å². The lowest BCUT2D eigenvalue weighted by atomic mass is 10.2. The molecule has 0 saturated carbocycles. The molecule has 0 heterocycles. The number of nitrogens with one attached hydrogen (secondary N) is 2. The summed E-state index contributed by atoms with van der Waals surface area (Å²) in [6, 6.07) is 0. The molecule has 0 fully saturated rings. The van der Waals surface area contributed by atoms with Gasteiger partial charge < -0.3 is 31.9 Å². The van der Waals surface area contributed by atoms with E-state index in [-0.39, 0.29) is 5.60 Å². The maximum atomic E-state index is 10.1. The Balaban J connectivity index is 3.80. The Morgan fingerprint density at radius 3 is 2.18 bits per heavy atom. The van der Waals surface area contributed by atoms with Crippen molar-refractivity contribution in [2.24, 2.45) is 11.5 Å². The second-order valence-corrected chi connectivity index (χ2v) is 6.46. The SMILES string of the molecule is CC(C)(C)OCC(O)CN(CCN)CCNCCNCCN. The van der Waals surface area contributed by atoms with Crippen molar-refractivity contribution < 1.29 is 9.84 Å². The molecule has 0 aromatic carbocycles. The molecule has 7 heteroatoms. The van der Waals surface area contributed by atoms with E-state index >= 15 is 0 Å². The molecule has 0 bridgehead atoms. The Kier molecular flexibility index (Phi) is 13.0. The first-order chi connectivity index (χ1) is 10.4. The van der Waals surface area contributed by atoms with Gasteiger partial charge in [-0.15, -0.1) is 0 Å². The third-order valence-electron chi connectivity index (χ3n) is 3.03. The minimum absolute atomic E-state index is 0.224. The molecular weight excluding hydrogens is 282 g/mol. The predicted molar refractivity (Wildman–Crippen MR) is 92.0 cm³/mol. The molecule has 0 aliphatic heterocycles. The van der Waals surface area contributed by atoms with Crippen LogP contribution in [0.3, 0.4) is 0 Å². The maximum Gasteiger partial charge on any atom is 0.0900 e. The summed E-state index contributed by atoms with van der Waals surface area (Å²) in [7, 11) is 0.